The molecule has 0 saturated carbocycles. The van der Waals surface area contributed by atoms with E-state index in [0.717, 1.165) is 24.7 Å². The summed E-state index contributed by atoms with van der Waals surface area (Å²) in [5.74, 6) is 0. The van der Waals surface area contributed by atoms with Crippen molar-refractivity contribution in [3.8, 4) is 0 Å². The van der Waals surface area contributed by atoms with Crippen molar-refractivity contribution in [2.24, 2.45) is 7.05 Å². The molecule has 2 rings (SSSR count). The fourth-order valence-corrected chi connectivity index (χ4v) is 1.79. The van der Waals surface area contributed by atoms with Gasteiger partial charge in [-0.25, -0.2) is 0 Å². The monoisotopic (exact) mass is 194 g/mol. The Labute approximate surface area is 82.9 Å². The first-order chi connectivity index (χ1) is 6.63. The maximum atomic E-state index is 10.8. The van der Waals surface area contributed by atoms with Gasteiger partial charge in [0, 0.05) is 18.8 Å². The highest BCUT2D eigenvalue weighted by atomic mass is 16.5. The molecule has 0 aliphatic carbocycles. The normalized spacial score (nSPS) is 32.0. The third kappa shape index (κ3) is 1.57. The van der Waals surface area contributed by atoms with Gasteiger partial charge in [0.05, 0.1) is 12.3 Å². The van der Waals surface area contributed by atoms with Crippen LogP contribution in [-0.2, 0) is 16.6 Å². The summed E-state index contributed by atoms with van der Waals surface area (Å²) in [6.07, 6.45) is 6.32. The van der Waals surface area contributed by atoms with Crippen LogP contribution in [-0.4, -0.2) is 21.7 Å². The van der Waals surface area contributed by atoms with Gasteiger partial charge in [0.15, 0.2) is 6.29 Å². The van der Waals surface area contributed by atoms with Crippen LogP contribution in [0.3, 0.4) is 0 Å². The van der Waals surface area contributed by atoms with E-state index in [1.807, 2.05) is 20.2 Å². The Morgan fingerprint density at radius 2 is 2.57 bits per heavy atom. The van der Waals surface area contributed by atoms with Crippen molar-refractivity contribution in [2.75, 3.05) is 0 Å². The minimum absolute atomic E-state index is 0.0268. The molecule has 1 aromatic rings. The van der Waals surface area contributed by atoms with E-state index in [2.05, 4.69) is 5.10 Å². The van der Waals surface area contributed by atoms with Crippen LogP contribution in [0.2, 0.25) is 0 Å². The molecule has 2 atom stereocenters. The standard InChI is InChI=1S/C10H14N2O2/c1-10(7-13)4-3-9(14-10)8-5-11-12(2)6-8/h5-7,9H,3-4H2,1-2H3. The summed E-state index contributed by atoms with van der Waals surface area (Å²) in [4.78, 5) is 10.8. The minimum atomic E-state index is -0.597. The van der Waals surface area contributed by atoms with E-state index in [4.69, 9.17) is 4.74 Å². The van der Waals surface area contributed by atoms with Gasteiger partial charge in [-0.3, -0.25) is 4.68 Å². The van der Waals surface area contributed by atoms with Crippen molar-refractivity contribution in [3.05, 3.63) is 18.0 Å². The smallest absolute Gasteiger partial charge is 0.151 e. The molecule has 1 fully saturated rings. The largest absolute Gasteiger partial charge is 0.360 e. The number of carbonyl (C=O) groups is 1. The molecule has 0 spiro atoms. The Bertz CT molecular complexity index is 348. The van der Waals surface area contributed by atoms with Crippen molar-refractivity contribution in [1.82, 2.24) is 9.78 Å². The first-order valence-corrected chi connectivity index (χ1v) is 4.76. The Balaban J connectivity index is 2.13. The van der Waals surface area contributed by atoms with Gasteiger partial charge in [0.1, 0.15) is 5.60 Å². The van der Waals surface area contributed by atoms with E-state index in [0.29, 0.717) is 0 Å². The summed E-state index contributed by atoms with van der Waals surface area (Å²) in [6.45, 7) is 1.83. The maximum Gasteiger partial charge on any atom is 0.151 e. The molecule has 2 unspecified atom stereocenters. The van der Waals surface area contributed by atoms with Crippen LogP contribution < -0.4 is 0 Å². The van der Waals surface area contributed by atoms with Crippen LogP contribution in [0, 0.1) is 0 Å². The highest BCUT2D eigenvalue weighted by Gasteiger charge is 2.36. The van der Waals surface area contributed by atoms with Crippen molar-refractivity contribution in [2.45, 2.75) is 31.5 Å². The average Bonchev–Trinajstić information content (AvgIpc) is 2.73. The van der Waals surface area contributed by atoms with Crippen molar-refractivity contribution < 1.29 is 9.53 Å². The van der Waals surface area contributed by atoms with E-state index < -0.39 is 5.60 Å². The number of ether oxygens (including phenoxy) is 1. The van der Waals surface area contributed by atoms with Gasteiger partial charge in [-0.2, -0.15) is 5.10 Å². The summed E-state index contributed by atoms with van der Waals surface area (Å²) >= 11 is 0. The lowest BCUT2D eigenvalue weighted by Crippen LogP contribution is -2.24. The number of rotatable bonds is 2. The molecule has 0 bridgehead atoms. The van der Waals surface area contributed by atoms with Crippen LogP contribution >= 0.6 is 0 Å². The van der Waals surface area contributed by atoms with Crippen LogP contribution in [0.15, 0.2) is 12.4 Å². The molecule has 2 heterocycles. The zero-order valence-corrected chi connectivity index (χ0v) is 8.43. The summed E-state index contributed by atoms with van der Waals surface area (Å²) < 4.78 is 7.42. The van der Waals surface area contributed by atoms with Gasteiger partial charge in [0.25, 0.3) is 0 Å². The van der Waals surface area contributed by atoms with Crippen molar-refractivity contribution >= 4 is 6.29 Å². The number of aldehydes is 1. The lowest BCUT2D eigenvalue weighted by molar-refractivity contribution is -0.127. The lowest BCUT2D eigenvalue weighted by atomic mass is 10.0. The van der Waals surface area contributed by atoms with Gasteiger partial charge in [-0.1, -0.05) is 0 Å². The van der Waals surface area contributed by atoms with E-state index in [9.17, 15) is 4.79 Å². The third-order valence-electron chi connectivity index (χ3n) is 2.66. The Morgan fingerprint density at radius 3 is 3.07 bits per heavy atom. The Kier molecular flexibility index (Phi) is 2.15. The van der Waals surface area contributed by atoms with E-state index in [-0.39, 0.29) is 6.10 Å². The molecular formula is C10H14N2O2. The number of aromatic nitrogens is 2. The van der Waals surface area contributed by atoms with Crippen LogP contribution in [0.5, 0.6) is 0 Å². The minimum Gasteiger partial charge on any atom is -0.360 e. The van der Waals surface area contributed by atoms with E-state index in [1.165, 1.54) is 0 Å². The Morgan fingerprint density at radius 1 is 1.79 bits per heavy atom. The molecule has 1 aliphatic rings. The molecule has 0 aromatic carbocycles. The number of carbonyl (C=O) groups excluding carboxylic acids is 1. The van der Waals surface area contributed by atoms with E-state index in [1.54, 1.807) is 10.9 Å². The molecule has 76 valence electrons. The second kappa shape index (κ2) is 3.20. The summed E-state index contributed by atoms with van der Waals surface area (Å²) in [6, 6.07) is 0. The van der Waals surface area contributed by atoms with Gasteiger partial charge >= 0.3 is 0 Å². The topological polar surface area (TPSA) is 44.1 Å². The van der Waals surface area contributed by atoms with Crippen molar-refractivity contribution in [3.63, 3.8) is 0 Å². The zero-order valence-electron chi connectivity index (χ0n) is 8.43. The van der Waals surface area contributed by atoms with E-state index >= 15 is 0 Å². The van der Waals surface area contributed by atoms with Gasteiger partial charge in [0.2, 0.25) is 0 Å². The summed E-state index contributed by atoms with van der Waals surface area (Å²) in [5, 5.41) is 4.08. The van der Waals surface area contributed by atoms with Crippen LogP contribution in [0.4, 0.5) is 0 Å². The molecule has 14 heavy (non-hydrogen) atoms. The molecule has 1 aromatic heterocycles. The highest BCUT2D eigenvalue weighted by Crippen LogP contribution is 2.37. The maximum absolute atomic E-state index is 10.8. The van der Waals surface area contributed by atoms with Crippen molar-refractivity contribution in [1.29, 1.82) is 0 Å². The van der Waals surface area contributed by atoms with Gasteiger partial charge in [-0.15, -0.1) is 0 Å². The van der Waals surface area contributed by atoms with Crippen LogP contribution in [0.1, 0.15) is 31.4 Å². The SMILES string of the molecule is Cn1cc(C2CCC(C)(C=O)O2)cn1. The number of hydrogen-bond acceptors (Lipinski definition) is 3. The summed E-state index contributed by atoms with van der Waals surface area (Å²) in [5.41, 5.74) is 0.457. The molecule has 4 heteroatoms. The van der Waals surface area contributed by atoms with Gasteiger partial charge < -0.3 is 9.53 Å². The number of aryl methyl sites for hydroxylation is 1. The molecule has 0 radical (unpaired) electrons. The molecule has 0 N–H and O–H groups in total. The third-order valence-corrected chi connectivity index (χ3v) is 2.66. The lowest BCUT2D eigenvalue weighted by Gasteiger charge is -2.16. The molecule has 4 nitrogen and oxygen atoms in total. The predicted molar refractivity (Wildman–Crippen MR) is 50.7 cm³/mol. The van der Waals surface area contributed by atoms with Crippen LogP contribution in [0.25, 0.3) is 0 Å². The number of nitrogens with zero attached hydrogens (tertiary/aromatic N) is 2. The zero-order chi connectivity index (χ0) is 10.2. The second-order valence-electron chi connectivity index (χ2n) is 4.02. The first kappa shape index (κ1) is 9.40. The molecule has 0 amide bonds. The summed E-state index contributed by atoms with van der Waals surface area (Å²) in [7, 11) is 1.87. The molecular weight excluding hydrogens is 180 g/mol. The fourth-order valence-electron chi connectivity index (χ4n) is 1.79. The molecule has 1 saturated heterocycles. The Hall–Kier alpha value is -1.16. The average molecular weight is 194 g/mol. The van der Waals surface area contributed by atoms with Gasteiger partial charge in [-0.05, 0) is 19.8 Å². The predicted octanol–water partition coefficient (Wildman–Crippen LogP) is 1.23. The quantitative estimate of drug-likeness (QED) is 0.665. The fraction of sp³-hybridized carbons (Fsp3) is 0.600. The highest BCUT2D eigenvalue weighted by molar-refractivity contribution is 5.62. The first-order valence-electron chi connectivity index (χ1n) is 4.76. The number of hydrogen-bond donors (Lipinski definition) is 0. The second-order valence-corrected chi connectivity index (χ2v) is 4.02. The molecule has 1 aliphatic heterocycles.